The van der Waals surface area contributed by atoms with Gasteiger partial charge in [0.2, 0.25) is 5.89 Å². The Balaban J connectivity index is 1.90. The highest BCUT2D eigenvalue weighted by Crippen LogP contribution is 2.33. The van der Waals surface area contributed by atoms with E-state index in [4.69, 9.17) is 8.83 Å². The Kier molecular flexibility index (Phi) is 5.59. The maximum absolute atomic E-state index is 11.4. The number of carbonyl (C=O) groups excluding carboxylic acids is 1. The quantitative estimate of drug-likeness (QED) is 0.254. The van der Waals surface area contributed by atoms with Gasteiger partial charge in [-0.1, -0.05) is 19.1 Å². The number of nitro groups is 1. The molecule has 0 saturated heterocycles. The fraction of sp³-hybridized carbons (Fsp3) is 0.167. The third-order valence-corrected chi connectivity index (χ3v) is 4.66. The Hall–Kier alpha value is -3.40. The van der Waals surface area contributed by atoms with Crippen molar-refractivity contribution in [2.24, 2.45) is 0 Å². The first kappa shape index (κ1) is 19.4. The molecule has 0 radical (unpaired) electrons. The summed E-state index contributed by atoms with van der Waals surface area (Å²) in [6.45, 7) is 3.45. The number of hydrogen-bond acceptors (Lipinski definition) is 9. The van der Waals surface area contributed by atoms with Gasteiger partial charge in [0.15, 0.2) is 0 Å². The summed E-state index contributed by atoms with van der Waals surface area (Å²) in [5.74, 6) is -0.420. The molecule has 3 rings (SSSR count). The molecule has 2 aromatic heterocycles. The summed E-state index contributed by atoms with van der Waals surface area (Å²) in [6, 6.07) is 7.82. The zero-order valence-corrected chi connectivity index (χ0v) is 15.7. The van der Waals surface area contributed by atoms with Gasteiger partial charge in [0.05, 0.1) is 10.9 Å². The molecule has 28 heavy (non-hydrogen) atoms. The number of aliphatic carboxylic acids is 1. The molecule has 0 saturated carbocycles. The summed E-state index contributed by atoms with van der Waals surface area (Å²) >= 11 is 0.752. The second-order valence-corrected chi connectivity index (χ2v) is 6.62. The Labute approximate surface area is 163 Å². The molecular weight excluding hydrogens is 386 g/mol. The molecule has 1 aromatic carbocycles. The SMILES string of the molecule is CCc1nnc(S/C(=C/c2ccc(-c3cccc([N+](=O)[O-])c3C)o2)C(=O)[O-])o1. The predicted molar refractivity (Wildman–Crippen MR) is 98.1 cm³/mol. The zero-order valence-electron chi connectivity index (χ0n) is 14.9. The lowest BCUT2D eigenvalue weighted by molar-refractivity contribution is -0.385. The topological polar surface area (TPSA) is 135 Å². The minimum atomic E-state index is -1.43. The van der Waals surface area contributed by atoms with Crippen molar-refractivity contribution >= 4 is 29.5 Å². The van der Waals surface area contributed by atoms with Crippen LogP contribution in [-0.4, -0.2) is 21.1 Å². The highest BCUT2D eigenvalue weighted by molar-refractivity contribution is 8.03. The van der Waals surface area contributed by atoms with Crippen LogP contribution in [0.15, 0.2) is 49.3 Å². The third-order valence-electron chi connectivity index (χ3n) is 3.82. The molecule has 0 aliphatic carbocycles. The Morgan fingerprint density at radius 1 is 1.25 bits per heavy atom. The summed E-state index contributed by atoms with van der Waals surface area (Å²) in [6.07, 6.45) is 1.80. The van der Waals surface area contributed by atoms with Crippen molar-refractivity contribution in [1.29, 1.82) is 0 Å². The van der Waals surface area contributed by atoms with Crippen molar-refractivity contribution in [3.63, 3.8) is 0 Å². The predicted octanol–water partition coefficient (Wildman–Crippen LogP) is 2.99. The van der Waals surface area contributed by atoms with Crippen molar-refractivity contribution in [3.8, 4) is 11.3 Å². The molecule has 0 aliphatic heterocycles. The highest BCUT2D eigenvalue weighted by Gasteiger charge is 2.17. The van der Waals surface area contributed by atoms with Crippen molar-refractivity contribution in [3.05, 3.63) is 62.6 Å². The van der Waals surface area contributed by atoms with Crippen LogP contribution in [0.4, 0.5) is 5.69 Å². The standard InChI is InChI=1S/C18H15N3O6S/c1-3-16-19-20-18(27-16)28-15(17(22)23)9-11-7-8-14(26-11)12-5-4-6-13(10(12)2)21(24)25/h4-9H,3H2,1-2H3,(H,22,23)/p-1/b15-9+. The summed E-state index contributed by atoms with van der Waals surface area (Å²) in [7, 11) is 0. The van der Waals surface area contributed by atoms with Crippen molar-refractivity contribution in [1.82, 2.24) is 10.2 Å². The number of benzene rings is 1. The van der Waals surface area contributed by atoms with E-state index in [1.807, 2.05) is 6.92 Å². The van der Waals surface area contributed by atoms with Crippen molar-refractivity contribution in [2.75, 3.05) is 0 Å². The molecule has 0 unspecified atom stereocenters. The van der Waals surface area contributed by atoms with E-state index in [0.29, 0.717) is 29.2 Å². The fourth-order valence-electron chi connectivity index (χ4n) is 2.44. The van der Waals surface area contributed by atoms with Crippen LogP contribution in [0.5, 0.6) is 0 Å². The first-order valence-electron chi connectivity index (χ1n) is 8.16. The first-order valence-corrected chi connectivity index (χ1v) is 8.98. The van der Waals surface area contributed by atoms with E-state index in [2.05, 4.69) is 10.2 Å². The number of thioether (sulfide) groups is 1. The number of furan rings is 1. The van der Waals surface area contributed by atoms with Gasteiger partial charge >= 0.3 is 0 Å². The van der Waals surface area contributed by atoms with Crippen LogP contribution < -0.4 is 5.11 Å². The van der Waals surface area contributed by atoms with Crippen LogP contribution in [0.3, 0.4) is 0 Å². The van der Waals surface area contributed by atoms with Gasteiger partial charge in [-0.2, -0.15) is 0 Å². The lowest BCUT2D eigenvalue weighted by atomic mass is 10.1. The molecule has 0 atom stereocenters. The van der Waals surface area contributed by atoms with Gasteiger partial charge < -0.3 is 18.7 Å². The van der Waals surface area contributed by atoms with E-state index >= 15 is 0 Å². The summed E-state index contributed by atoms with van der Waals surface area (Å²) in [4.78, 5) is 21.9. The Bertz CT molecular complexity index is 1070. The molecule has 0 aliphatic rings. The van der Waals surface area contributed by atoms with E-state index in [1.54, 1.807) is 31.2 Å². The Morgan fingerprint density at radius 2 is 2.04 bits per heavy atom. The average Bonchev–Trinajstić information content (AvgIpc) is 3.30. The van der Waals surface area contributed by atoms with E-state index in [1.165, 1.54) is 12.1 Å². The smallest absolute Gasteiger partial charge is 0.281 e. The normalized spacial score (nSPS) is 11.6. The summed E-state index contributed by atoms with van der Waals surface area (Å²) in [5, 5.41) is 30.1. The van der Waals surface area contributed by atoms with Gasteiger partial charge in [0, 0.05) is 28.5 Å². The number of aromatic nitrogens is 2. The van der Waals surface area contributed by atoms with Gasteiger partial charge in [0.25, 0.3) is 10.9 Å². The van der Waals surface area contributed by atoms with Crippen LogP contribution in [0.25, 0.3) is 17.4 Å². The van der Waals surface area contributed by atoms with E-state index in [9.17, 15) is 20.0 Å². The number of hydrogen-bond donors (Lipinski definition) is 0. The fourth-order valence-corrected chi connectivity index (χ4v) is 3.11. The van der Waals surface area contributed by atoms with E-state index in [0.717, 1.165) is 11.8 Å². The minimum absolute atomic E-state index is 0.0277. The average molecular weight is 400 g/mol. The van der Waals surface area contributed by atoms with E-state index < -0.39 is 10.9 Å². The monoisotopic (exact) mass is 400 g/mol. The van der Waals surface area contributed by atoms with Crippen LogP contribution in [-0.2, 0) is 11.2 Å². The van der Waals surface area contributed by atoms with Gasteiger partial charge in [0.1, 0.15) is 11.5 Å². The number of nitrogens with zero attached hydrogens (tertiary/aromatic N) is 3. The number of rotatable bonds is 7. The number of carbonyl (C=O) groups is 1. The number of carboxylic acid groups (broad SMARTS) is 1. The number of nitro benzene ring substituents is 1. The zero-order chi connectivity index (χ0) is 20.3. The second kappa shape index (κ2) is 8.09. The first-order chi connectivity index (χ1) is 13.4. The van der Waals surface area contributed by atoms with Crippen molar-refractivity contribution in [2.45, 2.75) is 25.5 Å². The Morgan fingerprint density at radius 3 is 2.68 bits per heavy atom. The lowest BCUT2D eigenvalue weighted by Crippen LogP contribution is -2.22. The van der Waals surface area contributed by atoms with Crippen LogP contribution in [0, 0.1) is 17.0 Å². The van der Waals surface area contributed by atoms with Crippen molar-refractivity contribution < 1.29 is 23.7 Å². The van der Waals surface area contributed by atoms with Gasteiger partial charge in [-0.3, -0.25) is 10.1 Å². The molecule has 10 heteroatoms. The molecule has 0 spiro atoms. The summed E-state index contributed by atoms with van der Waals surface area (Å²) in [5.41, 5.74) is 0.964. The number of aryl methyl sites for hydroxylation is 1. The van der Waals surface area contributed by atoms with E-state index in [-0.39, 0.29) is 21.6 Å². The molecule has 0 N–H and O–H groups in total. The van der Waals surface area contributed by atoms with Gasteiger partial charge in [-0.05, 0) is 36.9 Å². The lowest BCUT2D eigenvalue weighted by Gasteiger charge is -2.05. The molecule has 3 aromatic rings. The molecule has 0 fully saturated rings. The van der Waals surface area contributed by atoms with Crippen LogP contribution in [0.2, 0.25) is 0 Å². The molecule has 0 bridgehead atoms. The van der Waals surface area contributed by atoms with Crippen LogP contribution >= 0.6 is 11.8 Å². The molecular formula is C18H14N3O6S-. The highest BCUT2D eigenvalue weighted by atomic mass is 32.2. The van der Waals surface area contributed by atoms with Gasteiger partial charge in [-0.15, -0.1) is 10.2 Å². The molecule has 0 amide bonds. The summed E-state index contributed by atoms with van der Waals surface area (Å²) < 4.78 is 11.0. The maximum atomic E-state index is 11.4. The maximum Gasteiger partial charge on any atom is 0.281 e. The number of carboxylic acids is 1. The second-order valence-electron chi connectivity index (χ2n) is 5.62. The molecule has 144 valence electrons. The largest absolute Gasteiger partial charge is 0.544 e. The third kappa shape index (κ3) is 4.12. The van der Waals surface area contributed by atoms with Crippen LogP contribution in [0.1, 0.15) is 24.1 Å². The van der Waals surface area contributed by atoms with Gasteiger partial charge in [-0.25, -0.2) is 0 Å². The molecule has 9 nitrogen and oxygen atoms in total. The molecule has 2 heterocycles. The minimum Gasteiger partial charge on any atom is -0.544 e.